The van der Waals surface area contributed by atoms with Gasteiger partial charge in [-0.1, -0.05) is 12.7 Å². The van der Waals surface area contributed by atoms with E-state index in [1.807, 2.05) is 4.90 Å². The molecule has 0 atom stereocenters. The molecule has 1 fully saturated rings. The Balaban J connectivity index is 1.68. The molecule has 1 aromatic heterocycles. The molecule has 28 heavy (non-hydrogen) atoms. The highest BCUT2D eigenvalue weighted by atomic mass is 16.5. The van der Waals surface area contributed by atoms with Crippen LogP contribution in [0, 0.1) is 11.3 Å². The molecular formula is C21H22N4O3. The Bertz CT molecular complexity index is 899. The van der Waals surface area contributed by atoms with E-state index < -0.39 is 0 Å². The van der Waals surface area contributed by atoms with E-state index in [4.69, 9.17) is 9.47 Å². The number of pyridine rings is 1. The summed E-state index contributed by atoms with van der Waals surface area (Å²) < 4.78 is 10.9. The van der Waals surface area contributed by atoms with Gasteiger partial charge in [0, 0.05) is 37.9 Å². The number of methoxy groups -OCH3 is 1. The average molecular weight is 378 g/mol. The first-order valence-corrected chi connectivity index (χ1v) is 8.99. The fourth-order valence-corrected chi connectivity index (χ4v) is 3.11. The van der Waals surface area contributed by atoms with Gasteiger partial charge in [0.1, 0.15) is 18.5 Å². The topological polar surface area (TPSA) is 78.7 Å². The molecular weight excluding hydrogens is 356 g/mol. The molecule has 7 nitrogen and oxygen atoms in total. The van der Waals surface area contributed by atoms with Gasteiger partial charge in [-0.3, -0.25) is 4.79 Å². The first-order chi connectivity index (χ1) is 13.7. The van der Waals surface area contributed by atoms with Crippen LogP contribution in [0.5, 0.6) is 11.5 Å². The first kappa shape index (κ1) is 19.2. The second-order valence-electron chi connectivity index (χ2n) is 6.23. The number of ether oxygens (including phenoxy) is 2. The minimum Gasteiger partial charge on any atom is -0.493 e. The van der Waals surface area contributed by atoms with Crippen molar-refractivity contribution in [2.24, 2.45) is 0 Å². The zero-order valence-corrected chi connectivity index (χ0v) is 15.8. The van der Waals surface area contributed by atoms with Crippen LogP contribution in [0.2, 0.25) is 0 Å². The van der Waals surface area contributed by atoms with Gasteiger partial charge in [-0.2, -0.15) is 5.26 Å². The van der Waals surface area contributed by atoms with E-state index in [0.29, 0.717) is 61.2 Å². The molecule has 0 N–H and O–H groups in total. The standard InChI is InChI=1S/C21H22N4O3/c1-3-13-28-18-7-6-16(14-19(18)27-2)21(26)25-11-9-24(10-12-25)20-17(15-22)5-4-8-23-20/h3-8,14H,1,9-13H2,2H3. The summed E-state index contributed by atoms with van der Waals surface area (Å²) in [6.07, 6.45) is 3.33. The number of nitrogens with zero attached hydrogens (tertiary/aromatic N) is 4. The summed E-state index contributed by atoms with van der Waals surface area (Å²) in [7, 11) is 1.54. The summed E-state index contributed by atoms with van der Waals surface area (Å²) in [6, 6.07) is 10.8. The maximum Gasteiger partial charge on any atom is 0.254 e. The number of hydrogen-bond acceptors (Lipinski definition) is 6. The summed E-state index contributed by atoms with van der Waals surface area (Å²) in [5.74, 6) is 1.69. The smallest absolute Gasteiger partial charge is 0.254 e. The maximum atomic E-state index is 12.9. The van der Waals surface area contributed by atoms with Crippen molar-refractivity contribution in [3.8, 4) is 17.6 Å². The second-order valence-corrected chi connectivity index (χ2v) is 6.23. The van der Waals surface area contributed by atoms with E-state index in [9.17, 15) is 10.1 Å². The van der Waals surface area contributed by atoms with Crippen molar-refractivity contribution in [2.75, 3.05) is 44.8 Å². The van der Waals surface area contributed by atoms with E-state index in [1.165, 1.54) is 0 Å². The van der Waals surface area contributed by atoms with Gasteiger partial charge in [0.15, 0.2) is 11.5 Å². The summed E-state index contributed by atoms with van der Waals surface area (Å²) in [6.45, 7) is 6.34. The van der Waals surface area contributed by atoms with E-state index in [2.05, 4.69) is 17.6 Å². The number of rotatable bonds is 6. The Morgan fingerprint density at radius 2 is 2.07 bits per heavy atom. The van der Waals surface area contributed by atoms with E-state index >= 15 is 0 Å². The van der Waals surface area contributed by atoms with E-state index in [-0.39, 0.29) is 5.91 Å². The summed E-state index contributed by atoms with van der Waals surface area (Å²) >= 11 is 0. The number of piperazine rings is 1. The Labute approximate surface area is 164 Å². The zero-order chi connectivity index (χ0) is 19.9. The molecule has 1 amide bonds. The molecule has 1 aliphatic rings. The lowest BCUT2D eigenvalue weighted by atomic mass is 10.1. The predicted octanol–water partition coefficient (Wildman–Crippen LogP) is 2.49. The van der Waals surface area contributed by atoms with Gasteiger partial charge in [-0.25, -0.2) is 4.98 Å². The number of hydrogen-bond donors (Lipinski definition) is 0. The van der Waals surface area contributed by atoms with Crippen LogP contribution in [0.3, 0.4) is 0 Å². The lowest BCUT2D eigenvalue weighted by molar-refractivity contribution is 0.0746. The van der Waals surface area contributed by atoms with Crippen LogP contribution in [-0.2, 0) is 0 Å². The number of aromatic nitrogens is 1. The van der Waals surface area contributed by atoms with Crippen molar-refractivity contribution in [3.05, 3.63) is 60.3 Å². The molecule has 0 spiro atoms. The molecule has 1 aromatic carbocycles. The van der Waals surface area contributed by atoms with Gasteiger partial charge in [0.25, 0.3) is 5.91 Å². The molecule has 7 heteroatoms. The highest BCUT2D eigenvalue weighted by Gasteiger charge is 2.24. The lowest BCUT2D eigenvalue weighted by Crippen LogP contribution is -2.49. The van der Waals surface area contributed by atoms with Crippen molar-refractivity contribution in [2.45, 2.75) is 0 Å². The largest absolute Gasteiger partial charge is 0.493 e. The van der Waals surface area contributed by atoms with Gasteiger partial charge in [0.05, 0.1) is 12.7 Å². The molecule has 144 valence electrons. The molecule has 3 rings (SSSR count). The van der Waals surface area contributed by atoms with E-state index in [1.54, 1.807) is 54.6 Å². The first-order valence-electron chi connectivity index (χ1n) is 8.99. The molecule has 0 radical (unpaired) electrons. The van der Waals surface area contributed by atoms with E-state index in [0.717, 1.165) is 0 Å². The zero-order valence-electron chi connectivity index (χ0n) is 15.8. The van der Waals surface area contributed by atoms with Crippen LogP contribution in [0.4, 0.5) is 5.82 Å². The molecule has 1 aliphatic heterocycles. The Hall–Kier alpha value is -3.53. The number of carbonyl (C=O) groups is 1. The summed E-state index contributed by atoms with van der Waals surface area (Å²) in [5, 5.41) is 9.26. The normalized spacial score (nSPS) is 13.6. The van der Waals surface area contributed by atoms with Crippen LogP contribution in [0.1, 0.15) is 15.9 Å². The Morgan fingerprint density at radius 3 is 2.75 bits per heavy atom. The number of benzene rings is 1. The molecule has 2 aromatic rings. The fraction of sp³-hybridized carbons (Fsp3) is 0.286. The maximum absolute atomic E-state index is 12.9. The van der Waals surface area contributed by atoms with Crippen molar-refractivity contribution in [1.29, 1.82) is 5.26 Å². The number of carbonyl (C=O) groups excluding carboxylic acids is 1. The molecule has 0 unspecified atom stereocenters. The monoisotopic (exact) mass is 378 g/mol. The number of amides is 1. The third-order valence-corrected chi connectivity index (χ3v) is 4.54. The van der Waals surface area contributed by atoms with Gasteiger partial charge in [-0.05, 0) is 30.3 Å². The predicted molar refractivity (Wildman–Crippen MR) is 106 cm³/mol. The molecule has 0 saturated carbocycles. The molecule has 0 aliphatic carbocycles. The number of anilines is 1. The van der Waals surface area contributed by atoms with Gasteiger partial charge >= 0.3 is 0 Å². The van der Waals surface area contributed by atoms with Gasteiger partial charge in [0.2, 0.25) is 0 Å². The third kappa shape index (κ3) is 4.07. The molecule has 1 saturated heterocycles. The highest BCUT2D eigenvalue weighted by molar-refractivity contribution is 5.95. The number of nitriles is 1. The minimum atomic E-state index is -0.0604. The van der Waals surface area contributed by atoms with Crippen LogP contribution in [0.25, 0.3) is 0 Å². The highest BCUT2D eigenvalue weighted by Crippen LogP contribution is 2.29. The van der Waals surface area contributed by atoms with Crippen molar-refractivity contribution >= 4 is 11.7 Å². The van der Waals surface area contributed by atoms with Crippen LogP contribution in [0.15, 0.2) is 49.2 Å². The van der Waals surface area contributed by atoms with Crippen LogP contribution >= 0.6 is 0 Å². The molecule has 0 bridgehead atoms. The SMILES string of the molecule is C=CCOc1ccc(C(=O)N2CCN(c3ncccc3C#N)CC2)cc1OC. The average Bonchev–Trinajstić information content (AvgIpc) is 2.77. The second kappa shape index (κ2) is 8.91. The van der Waals surface area contributed by atoms with Crippen LogP contribution in [-0.4, -0.2) is 55.7 Å². The van der Waals surface area contributed by atoms with Crippen molar-refractivity contribution < 1.29 is 14.3 Å². The van der Waals surface area contributed by atoms with Crippen molar-refractivity contribution in [3.63, 3.8) is 0 Å². The van der Waals surface area contributed by atoms with Crippen molar-refractivity contribution in [1.82, 2.24) is 9.88 Å². The van der Waals surface area contributed by atoms with Gasteiger partial charge in [-0.15, -0.1) is 0 Å². The minimum absolute atomic E-state index is 0.0604. The van der Waals surface area contributed by atoms with Gasteiger partial charge < -0.3 is 19.3 Å². The Morgan fingerprint density at radius 1 is 1.29 bits per heavy atom. The quantitative estimate of drug-likeness (QED) is 0.719. The van der Waals surface area contributed by atoms with Crippen LogP contribution < -0.4 is 14.4 Å². The summed E-state index contributed by atoms with van der Waals surface area (Å²) in [4.78, 5) is 21.0. The lowest BCUT2D eigenvalue weighted by Gasteiger charge is -2.35. The Kier molecular flexibility index (Phi) is 6.12. The third-order valence-electron chi connectivity index (χ3n) is 4.54. The summed E-state index contributed by atoms with van der Waals surface area (Å²) in [5.41, 5.74) is 1.09. The fourth-order valence-electron chi connectivity index (χ4n) is 3.11. The molecule has 2 heterocycles.